The number of hydrogen-bond acceptors (Lipinski definition) is 4. The van der Waals surface area contributed by atoms with Gasteiger partial charge in [-0.3, -0.25) is 9.59 Å². The van der Waals surface area contributed by atoms with E-state index in [-0.39, 0.29) is 24.3 Å². The highest BCUT2D eigenvalue weighted by molar-refractivity contribution is 6.05. The zero-order valence-electron chi connectivity index (χ0n) is 15.3. The van der Waals surface area contributed by atoms with Crippen LogP contribution >= 0.6 is 0 Å². The number of hydrogen-bond donors (Lipinski definition) is 2. The number of carbonyl (C=O) groups excluding carboxylic acids is 2. The van der Waals surface area contributed by atoms with Crippen molar-refractivity contribution in [1.29, 1.82) is 0 Å². The van der Waals surface area contributed by atoms with Crippen LogP contribution in [0.5, 0.6) is 0 Å². The van der Waals surface area contributed by atoms with E-state index in [2.05, 4.69) is 15.5 Å². The van der Waals surface area contributed by atoms with Crippen LogP contribution in [0.4, 0.5) is 11.4 Å². The fourth-order valence-electron chi connectivity index (χ4n) is 3.70. The van der Waals surface area contributed by atoms with E-state index in [1.54, 1.807) is 0 Å². The Morgan fingerprint density at radius 2 is 1.69 bits per heavy atom. The normalized spacial score (nSPS) is 18.8. The molecule has 2 amide bonds. The standard InChI is InChI=1S/C20H29N3O3/c24-19(21-16-7-3-1-2-4-8-16)15-20(25)22-17-9-5-6-10-18(17)23-11-13-26-14-12-23/h5-6,9-10,16H,1-4,7-8,11-15H2,(H,21,24)(H,22,25). The summed E-state index contributed by atoms with van der Waals surface area (Å²) in [7, 11) is 0. The Bertz CT molecular complexity index is 606. The third-order valence-electron chi connectivity index (χ3n) is 5.07. The summed E-state index contributed by atoms with van der Waals surface area (Å²) in [6.07, 6.45) is 6.71. The van der Waals surface area contributed by atoms with Gasteiger partial charge in [0.05, 0.1) is 24.6 Å². The summed E-state index contributed by atoms with van der Waals surface area (Å²) in [5.74, 6) is -0.449. The largest absolute Gasteiger partial charge is 0.378 e. The van der Waals surface area contributed by atoms with Crippen LogP contribution in [0.25, 0.3) is 0 Å². The van der Waals surface area contributed by atoms with E-state index in [0.29, 0.717) is 13.2 Å². The molecular weight excluding hydrogens is 330 g/mol. The Morgan fingerprint density at radius 3 is 2.42 bits per heavy atom. The highest BCUT2D eigenvalue weighted by Gasteiger charge is 2.19. The van der Waals surface area contributed by atoms with Crippen molar-refractivity contribution >= 4 is 23.2 Å². The summed E-state index contributed by atoms with van der Waals surface area (Å²) in [5, 5.41) is 5.93. The third kappa shape index (κ3) is 5.46. The average Bonchev–Trinajstić information content (AvgIpc) is 2.91. The molecule has 0 aromatic heterocycles. The van der Waals surface area contributed by atoms with Crippen LogP contribution in [0, 0.1) is 0 Å². The van der Waals surface area contributed by atoms with Gasteiger partial charge in [-0.15, -0.1) is 0 Å². The lowest BCUT2D eigenvalue weighted by molar-refractivity contribution is -0.127. The number of nitrogens with zero attached hydrogens (tertiary/aromatic N) is 1. The van der Waals surface area contributed by atoms with Gasteiger partial charge in [0.25, 0.3) is 0 Å². The molecule has 1 saturated heterocycles. The summed E-state index contributed by atoms with van der Waals surface area (Å²) < 4.78 is 5.39. The lowest BCUT2D eigenvalue weighted by atomic mass is 10.1. The monoisotopic (exact) mass is 359 g/mol. The maximum absolute atomic E-state index is 12.4. The summed E-state index contributed by atoms with van der Waals surface area (Å²) in [6.45, 7) is 2.97. The fourth-order valence-corrected chi connectivity index (χ4v) is 3.70. The molecule has 1 aliphatic heterocycles. The Hall–Kier alpha value is -2.08. The molecule has 1 aromatic rings. The minimum Gasteiger partial charge on any atom is -0.378 e. The number of benzene rings is 1. The SMILES string of the molecule is O=C(CC(=O)NC1CCCCCC1)Nc1ccccc1N1CCOCC1. The van der Waals surface area contributed by atoms with Crippen molar-refractivity contribution in [2.45, 2.75) is 51.0 Å². The van der Waals surface area contributed by atoms with Crippen molar-refractivity contribution < 1.29 is 14.3 Å². The molecule has 3 rings (SSSR count). The molecule has 2 N–H and O–H groups in total. The second kappa shape index (κ2) is 9.57. The van der Waals surface area contributed by atoms with Crippen LogP contribution in [0.2, 0.25) is 0 Å². The van der Waals surface area contributed by atoms with E-state index in [4.69, 9.17) is 4.74 Å². The summed E-state index contributed by atoms with van der Waals surface area (Å²) >= 11 is 0. The van der Waals surface area contributed by atoms with Crippen molar-refractivity contribution in [3.8, 4) is 0 Å². The maximum atomic E-state index is 12.4. The number of para-hydroxylation sites is 2. The number of nitrogens with one attached hydrogen (secondary N) is 2. The summed E-state index contributed by atoms with van der Waals surface area (Å²) in [6, 6.07) is 7.95. The smallest absolute Gasteiger partial charge is 0.233 e. The van der Waals surface area contributed by atoms with E-state index < -0.39 is 0 Å². The highest BCUT2D eigenvalue weighted by atomic mass is 16.5. The number of carbonyl (C=O) groups is 2. The average molecular weight is 359 g/mol. The van der Waals surface area contributed by atoms with Crippen LogP contribution in [0.1, 0.15) is 44.9 Å². The van der Waals surface area contributed by atoms with Crippen LogP contribution < -0.4 is 15.5 Å². The molecule has 1 aromatic carbocycles. The maximum Gasteiger partial charge on any atom is 0.233 e. The molecule has 0 spiro atoms. The number of amides is 2. The summed E-state index contributed by atoms with van der Waals surface area (Å²) in [4.78, 5) is 26.8. The Kier molecular flexibility index (Phi) is 6.89. The third-order valence-corrected chi connectivity index (χ3v) is 5.07. The van der Waals surface area contributed by atoms with E-state index in [0.717, 1.165) is 50.1 Å². The molecule has 6 nitrogen and oxygen atoms in total. The molecule has 26 heavy (non-hydrogen) atoms. The second-order valence-corrected chi connectivity index (χ2v) is 7.10. The van der Waals surface area contributed by atoms with E-state index in [9.17, 15) is 9.59 Å². The Balaban J connectivity index is 1.53. The fraction of sp³-hybridized carbons (Fsp3) is 0.600. The second-order valence-electron chi connectivity index (χ2n) is 7.10. The van der Waals surface area contributed by atoms with Crippen molar-refractivity contribution in [3.05, 3.63) is 24.3 Å². The van der Waals surface area contributed by atoms with Gasteiger partial charge in [-0.25, -0.2) is 0 Å². The topological polar surface area (TPSA) is 70.7 Å². The van der Waals surface area contributed by atoms with Gasteiger partial charge in [-0.2, -0.15) is 0 Å². The van der Waals surface area contributed by atoms with Crippen LogP contribution in [0.15, 0.2) is 24.3 Å². The molecule has 2 aliphatic rings. The molecule has 6 heteroatoms. The van der Waals surface area contributed by atoms with Crippen molar-refractivity contribution in [3.63, 3.8) is 0 Å². The number of rotatable bonds is 5. The molecule has 1 heterocycles. The Morgan fingerprint density at radius 1 is 1.00 bits per heavy atom. The quantitative estimate of drug-likeness (QED) is 0.626. The number of anilines is 2. The van der Waals surface area contributed by atoms with Crippen LogP contribution in [0.3, 0.4) is 0 Å². The molecule has 1 saturated carbocycles. The minimum atomic E-state index is -0.267. The van der Waals surface area contributed by atoms with E-state index in [1.165, 1.54) is 12.8 Å². The zero-order valence-corrected chi connectivity index (χ0v) is 15.3. The number of morpholine rings is 1. The van der Waals surface area contributed by atoms with Crippen LogP contribution in [-0.2, 0) is 14.3 Å². The lowest BCUT2D eigenvalue weighted by Gasteiger charge is -2.30. The molecule has 1 aliphatic carbocycles. The van der Waals surface area contributed by atoms with Crippen molar-refractivity contribution in [2.75, 3.05) is 36.5 Å². The first kappa shape index (κ1) is 18.7. The van der Waals surface area contributed by atoms with Crippen LogP contribution in [-0.4, -0.2) is 44.2 Å². The van der Waals surface area contributed by atoms with Gasteiger partial charge in [0.15, 0.2) is 0 Å². The van der Waals surface area contributed by atoms with Gasteiger partial charge in [-0.05, 0) is 25.0 Å². The van der Waals surface area contributed by atoms with Gasteiger partial charge in [0.2, 0.25) is 11.8 Å². The van der Waals surface area contributed by atoms with Gasteiger partial charge >= 0.3 is 0 Å². The first-order valence-electron chi connectivity index (χ1n) is 9.73. The molecule has 2 fully saturated rings. The molecule has 0 atom stereocenters. The predicted octanol–water partition coefficient (Wildman–Crippen LogP) is 2.69. The van der Waals surface area contributed by atoms with Gasteiger partial charge in [0.1, 0.15) is 6.42 Å². The summed E-state index contributed by atoms with van der Waals surface area (Å²) in [5.41, 5.74) is 1.73. The van der Waals surface area contributed by atoms with E-state index in [1.807, 2.05) is 24.3 Å². The molecule has 0 bridgehead atoms. The molecule has 0 unspecified atom stereocenters. The van der Waals surface area contributed by atoms with Gasteiger partial charge in [-0.1, -0.05) is 37.8 Å². The highest BCUT2D eigenvalue weighted by Crippen LogP contribution is 2.26. The van der Waals surface area contributed by atoms with Crippen molar-refractivity contribution in [2.24, 2.45) is 0 Å². The van der Waals surface area contributed by atoms with Gasteiger partial charge < -0.3 is 20.3 Å². The van der Waals surface area contributed by atoms with Gasteiger partial charge in [0, 0.05) is 19.1 Å². The van der Waals surface area contributed by atoms with E-state index >= 15 is 0 Å². The minimum absolute atomic E-state index is 0.131. The first-order chi connectivity index (χ1) is 12.7. The predicted molar refractivity (Wildman–Crippen MR) is 102 cm³/mol. The Labute approximate surface area is 155 Å². The number of ether oxygens (including phenoxy) is 1. The molecular formula is C20H29N3O3. The van der Waals surface area contributed by atoms with Crippen molar-refractivity contribution in [1.82, 2.24) is 5.32 Å². The first-order valence-corrected chi connectivity index (χ1v) is 9.73. The molecule has 142 valence electrons. The molecule has 0 radical (unpaired) electrons. The zero-order chi connectivity index (χ0) is 18.2. The lowest BCUT2D eigenvalue weighted by Crippen LogP contribution is -2.37.